The molecule has 2 fully saturated rings. The van der Waals surface area contributed by atoms with E-state index in [0.29, 0.717) is 5.02 Å². The van der Waals surface area contributed by atoms with Gasteiger partial charge in [-0.05, 0) is 37.5 Å². The maximum absolute atomic E-state index is 13.2. The summed E-state index contributed by atoms with van der Waals surface area (Å²) in [7, 11) is -3.60. The Bertz CT molecular complexity index is 852. The third kappa shape index (κ3) is 4.50. The Hall–Kier alpha value is -1.64. The number of sulfonamides is 1. The number of nitrogens with zero attached hydrogens (tertiary/aromatic N) is 2. The molecule has 1 aromatic carbocycles. The van der Waals surface area contributed by atoms with Crippen LogP contribution >= 0.6 is 11.6 Å². The van der Waals surface area contributed by atoms with Crippen molar-refractivity contribution in [3.63, 3.8) is 0 Å². The summed E-state index contributed by atoms with van der Waals surface area (Å²) in [5, 5.41) is 3.61. The van der Waals surface area contributed by atoms with Gasteiger partial charge in [0.05, 0.1) is 12.8 Å². The molecule has 1 aliphatic carbocycles. The molecule has 3 rings (SSSR count). The second-order valence-electron chi connectivity index (χ2n) is 7.87. The van der Waals surface area contributed by atoms with Gasteiger partial charge in [0.15, 0.2) is 0 Å². The number of amides is 2. The molecule has 1 heterocycles. The van der Waals surface area contributed by atoms with Crippen molar-refractivity contribution in [1.29, 1.82) is 0 Å². The first-order valence-corrected chi connectivity index (χ1v) is 11.6. The van der Waals surface area contributed by atoms with Gasteiger partial charge in [0.1, 0.15) is 5.54 Å². The molecule has 1 aliphatic heterocycles. The van der Waals surface area contributed by atoms with E-state index in [-0.39, 0.29) is 31.6 Å². The standard InChI is InChI=1S/C19H26ClN3O4S/c1-19(18(25)21-16-5-3-4-6-16)13-22(28(2,26)27)12-17(24)23(19)11-14-7-9-15(20)10-8-14/h7-10,16H,3-6,11-13H2,1-2H3,(H,21,25). The molecule has 1 N–H and O–H groups in total. The molecule has 7 nitrogen and oxygen atoms in total. The van der Waals surface area contributed by atoms with E-state index in [1.165, 1.54) is 4.90 Å². The number of rotatable bonds is 5. The van der Waals surface area contributed by atoms with E-state index < -0.39 is 21.5 Å². The molecule has 0 bridgehead atoms. The zero-order valence-electron chi connectivity index (χ0n) is 16.2. The van der Waals surface area contributed by atoms with Crippen LogP contribution in [0.2, 0.25) is 5.02 Å². The third-order valence-corrected chi connectivity index (χ3v) is 7.04. The fourth-order valence-electron chi connectivity index (χ4n) is 3.87. The SMILES string of the molecule is CC1(C(=O)NC2CCCC2)CN(S(C)(=O)=O)CC(=O)N1Cc1ccc(Cl)cc1. The average Bonchev–Trinajstić information content (AvgIpc) is 3.11. The van der Waals surface area contributed by atoms with Crippen molar-refractivity contribution in [2.75, 3.05) is 19.3 Å². The van der Waals surface area contributed by atoms with E-state index in [4.69, 9.17) is 11.6 Å². The van der Waals surface area contributed by atoms with Gasteiger partial charge >= 0.3 is 0 Å². The fraction of sp³-hybridized carbons (Fsp3) is 0.579. The molecule has 154 valence electrons. The summed E-state index contributed by atoms with van der Waals surface area (Å²) in [5.41, 5.74) is -0.467. The predicted octanol–water partition coefficient (Wildman–Crippen LogP) is 1.76. The Morgan fingerprint density at radius 3 is 2.43 bits per heavy atom. The van der Waals surface area contributed by atoms with E-state index in [2.05, 4.69) is 5.32 Å². The lowest BCUT2D eigenvalue weighted by atomic mass is 9.94. The van der Waals surface area contributed by atoms with Crippen LogP contribution in [0.5, 0.6) is 0 Å². The molecule has 1 unspecified atom stereocenters. The maximum Gasteiger partial charge on any atom is 0.247 e. The number of hydrogen-bond donors (Lipinski definition) is 1. The highest BCUT2D eigenvalue weighted by Gasteiger charge is 2.49. The minimum atomic E-state index is -3.60. The van der Waals surface area contributed by atoms with E-state index >= 15 is 0 Å². The lowest BCUT2D eigenvalue weighted by molar-refractivity contribution is -0.154. The van der Waals surface area contributed by atoms with Crippen LogP contribution in [-0.4, -0.2) is 60.4 Å². The largest absolute Gasteiger partial charge is 0.351 e. The molecule has 2 amide bonds. The van der Waals surface area contributed by atoms with Gasteiger partial charge in [-0.2, -0.15) is 4.31 Å². The normalized spacial score (nSPS) is 24.5. The molecule has 2 aliphatic rings. The van der Waals surface area contributed by atoms with Gasteiger partial charge in [0.2, 0.25) is 21.8 Å². The molecule has 1 aromatic rings. The zero-order chi connectivity index (χ0) is 20.5. The van der Waals surface area contributed by atoms with E-state index in [9.17, 15) is 18.0 Å². The van der Waals surface area contributed by atoms with Gasteiger partial charge in [-0.3, -0.25) is 9.59 Å². The first kappa shape index (κ1) is 21.1. The highest BCUT2D eigenvalue weighted by Crippen LogP contribution is 2.28. The summed E-state index contributed by atoms with van der Waals surface area (Å²) >= 11 is 5.94. The van der Waals surface area contributed by atoms with Gasteiger partial charge < -0.3 is 10.2 Å². The van der Waals surface area contributed by atoms with Crippen molar-refractivity contribution >= 4 is 33.4 Å². The van der Waals surface area contributed by atoms with Gasteiger partial charge in [0.25, 0.3) is 0 Å². The Labute approximate surface area is 171 Å². The summed E-state index contributed by atoms with van der Waals surface area (Å²) in [6.07, 6.45) is 4.99. The van der Waals surface area contributed by atoms with Crippen LogP contribution in [0.25, 0.3) is 0 Å². The highest BCUT2D eigenvalue weighted by molar-refractivity contribution is 7.88. The molecule has 1 saturated heterocycles. The molecular formula is C19H26ClN3O4S. The molecule has 1 saturated carbocycles. The minimum Gasteiger partial charge on any atom is -0.351 e. The maximum atomic E-state index is 13.2. The Morgan fingerprint density at radius 1 is 1.25 bits per heavy atom. The molecule has 0 spiro atoms. The lowest BCUT2D eigenvalue weighted by Gasteiger charge is -2.47. The van der Waals surface area contributed by atoms with Crippen molar-refractivity contribution in [2.45, 2.75) is 50.7 Å². The average molecular weight is 428 g/mol. The number of nitrogens with one attached hydrogen (secondary N) is 1. The van der Waals surface area contributed by atoms with Crippen molar-refractivity contribution < 1.29 is 18.0 Å². The number of piperazine rings is 1. The van der Waals surface area contributed by atoms with E-state index in [0.717, 1.165) is 41.8 Å². The van der Waals surface area contributed by atoms with Gasteiger partial charge in [-0.15, -0.1) is 0 Å². The monoisotopic (exact) mass is 427 g/mol. The van der Waals surface area contributed by atoms with Crippen molar-refractivity contribution in [1.82, 2.24) is 14.5 Å². The second kappa shape index (κ2) is 8.00. The number of hydrogen-bond acceptors (Lipinski definition) is 4. The number of halogens is 1. The van der Waals surface area contributed by atoms with Crippen LogP contribution in [-0.2, 0) is 26.2 Å². The summed E-state index contributed by atoms with van der Waals surface area (Å²) in [4.78, 5) is 27.6. The van der Waals surface area contributed by atoms with Gasteiger partial charge in [-0.1, -0.05) is 36.6 Å². The van der Waals surface area contributed by atoms with Crippen molar-refractivity contribution in [2.24, 2.45) is 0 Å². The van der Waals surface area contributed by atoms with E-state index in [1.54, 1.807) is 31.2 Å². The Morgan fingerprint density at radius 2 is 1.86 bits per heavy atom. The van der Waals surface area contributed by atoms with Crippen molar-refractivity contribution in [3.05, 3.63) is 34.9 Å². The smallest absolute Gasteiger partial charge is 0.247 e. The third-order valence-electron chi connectivity index (χ3n) is 5.60. The Kier molecular flexibility index (Phi) is 6.03. The molecule has 0 radical (unpaired) electrons. The van der Waals surface area contributed by atoms with Crippen LogP contribution in [0, 0.1) is 0 Å². The first-order valence-electron chi connectivity index (χ1n) is 9.40. The number of carbonyl (C=O) groups excluding carboxylic acids is 2. The quantitative estimate of drug-likeness (QED) is 0.775. The Balaban J connectivity index is 1.90. The summed E-state index contributed by atoms with van der Waals surface area (Å²) in [6, 6.07) is 7.13. The van der Waals surface area contributed by atoms with Crippen LogP contribution < -0.4 is 5.32 Å². The summed E-state index contributed by atoms with van der Waals surface area (Å²) < 4.78 is 25.3. The van der Waals surface area contributed by atoms with Crippen LogP contribution in [0.1, 0.15) is 38.2 Å². The van der Waals surface area contributed by atoms with E-state index in [1.807, 2.05) is 0 Å². The molecule has 28 heavy (non-hydrogen) atoms. The zero-order valence-corrected chi connectivity index (χ0v) is 17.7. The molecule has 1 atom stereocenters. The van der Waals surface area contributed by atoms with Crippen molar-refractivity contribution in [3.8, 4) is 0 Å². The van der Waals surface area contributed by atoms with Gasteiger partial charge in [0, 0.05) is 24.2 Å². The van der Waals surface area contributed by atoms with Crippen LogP contribution in [0.4, 0.5) is 0 Å². The minimum absolute atomic E-state index is 0.0658. The summed E-state index contributed by atoms with van der Waals surface area (Å²) in [6.45, 7) is 1.52. The predicted molar refractivity (Wildman–Crippen MR) is 107 cm³/mol. The van der Waals surface area contributed by atoms with Gasteiger partial charge in [-0.25, -0.2) is 8.42 Å². The van der Waals surface area contributed by atoms with Crippen LogP contribution in [0.3, 0.4) is 0 Å². The highest BCUT2D eigenvalue weighted by atomic mass is 35.5. The second-order valence-corrected chi connectivity index (χ2v) is 10.3. The fourth-order valence-corrected chi connectivity index (χ4v) is 4.83. The molecule has 0 aromatic heterocycles. The molecule has 9 heteroatoms. The number of benzene rings is 1. The van der Waals surface area contributed by atoms with Crippen LogP contribution in [0.15, 0.2) is 24.3 Å². The molecular weight excluding hydrogens is 402 g/mol. The number of carbonyl (C=O) groups is 2. The first-order chi connectivity index (χ1) is 13.1. The lowest BCUT2D eigenvalue weighted by Crippen LogP contribution is -2.69. The topological polar surface area (TPSA) is 86.8 Å². The summed E-state index contributed by atoms with van der Waals surface area (Å²) in [5.74, 6) is -0.703.